The van der Waals surface area contributed by atoms with Crippen LogP contribution in [-0.4, -0.2) is 26.0 Å². The van der Waals surface area contributed by atoms with Crippen LogP contribution in [0.2, 0.25) is 0 Å². The molecule has 3 aromatic rings. The Morgan fingerprint density at radius 3 is 2.57 bits per heavy atom. The highest BCUT2D eigenvalue weighted by atomic mass is 16.3. The first-order valence-electron chi connectivity index (χ1n) is 9.64. The SMILES string of the molecule is O=C(NCc1ccccc1)[C@@]12C[C@@H](n3cc([C@H](O)c4ccccc4)nn3)[C@@H]1C2. The Kier molecular flexibility index (Phi) is 4.02. The highest BCUT2D eigenvalue weighted by Gasteiger charge is 2.72. The van der Waals surface area contributed by atoms with E-state index < -0.39 is 6.10 Å². The summed E-state index contributed by atoms with van der Waals surface area (Å²) < 4.78 is 1.82. The van der Waals surface area contributed by atoms with Crippen molar-refractivity contribution < 1.29 is 9.90 Å². The number of aromatic nitrogens is 3. The molecule has 4 atom stereocenters. The molecule has 2 N–H and O–H groups in total. The molecule has 0 bridgehead atoms. The van der Waals surface area contributed by atoms with Gasteiger partial charge in [-0.2, -0.15) is 0 Å². The first-order valence-corrected chi connectivity index (χ1v) is 9.64. The molecule has 2 aliphatic rings. The Morgan fingerprint density at radius 1 is 1.14 bits per heavy atom. The lowest BCUT2D eigenvalue weighted by Gasteiger charge is -2.33. The van der Waals surface area contributed by atoms with Gasteiger partial charge in [-0.3, -0.25) is 4.79 Å². The van der Waals surface area contributed by atoms with E-state index in [1.165, 1.54) is 0 Å². The molecule has 28 heavy (non-hydrogen) atoms. The lowest BCUT2D eigenvalue weighted by Crippen LogP contribution is -2.41. The second-order valence-corrected chi connectivity index (χ2v) is 7.84. The van der Waals surface area contributed by atoms with Crippen LogP contribution in [0.4, 0.5) is 0 Å². The standard InChI is InChI=1S/C22H22N4O2/c27-20(16-9-5-2-6-10-16)18-14-26(25-24-18)19-12-22(11-17(19)22)21(28)23-13-15-7-3-1-4-8-15/h1-10,14,17,19-20,27H,11-13H2,(H,23,28)/t17-,19+,20+,22-/m0/s1. The minimum absolute atomic E-state index is 0.141. The van der Waals surface area contributed by atoms with E-state index in [4.69, 9.17) is 0 Å². The minimum atomic E-state index is -0.784. The predicted molar refractivity (Wildman–Crippen MR) is 103 cm³/mol. The molecule has 0 radical (unpaired) electrons. The van der Waals surface area contributed by atoms with Gasteiger partial charge in [0.2, 0.25) is 5.91 Å². The number of rotatable bonds is 6. The Balaban J connectivity index is 1.21. The van der Waals surface area contributed by atoms with Gasteiger partial charge in [0.1, 0.15) is 11.8 Å². The van der Waals surface area contributed by atoms with Crippen molar-refractivity contribution in [3.63, 3.8) is 0 Å². The van der Waals surface area contributed by atoms with Crippen molar-refractivity contribution in [3.8, 4) is 0 Å². The number of carbonyl (C=O) groups is 1. The largest absolute Gasteiger partial charge is 0.382 e. The molecular formula is C22H22N4O2. The third kappa shape index (κ3) is 2.81. The molecular weight excluding hydrogens is 352 g/mol. The first-order chi connectivity index (χ1) is 13.7. The third-order valence-corrected chi connectivity index (χ3v) is 6.18. The van der Waals surface area contributed by atoms with Crippen LogP contribution in [-0.2, 0) is 11.3 Å². The van der Waals surface area contributed by atoms with Crippen LogP contribution in [0.5, 0.6) is 0 Å². The molecule has 0 aliphatic heterocycles. The van der Waals surface area contributed by atoms with Crippen LogP contribution in [0, 0.1) is 11.3 Å². The average Bonchev–Trinajstić information content (AvgIpc) is 3.09. The summed E-state index contributed by atoms with van der Waals surface area (Å²) in [7, 11) is 0. The lowest BCUT2D eigenvalue weighted by molar-refractivity contribution is -0.130. The smallest absolute Gasteiger partial charge is 0.226 e. The fraction of sp³-hybridized carbons (Fsp3) is 0.318. The second kappa shape index (κ2) is 6.56. The molecule has 2 aliphatic carbocycles. The van der Waals surface area contributed by atoms with E-state index in [-0.39, 0.29) is 17.4 Å². The van der Waals surface area contributed by atoms with Crippen LogP contribution in [0.25, 0.3) is 0 Å². The van der Waals surface area contributed by atoms with E-state index in [9.17, 15) is 9.90 Å². The van der Waals surface area contributed by atoms with E-state index in [1.54, 1.807) is 0 Å². The normalized spacial score (nSPS) is 26.0. The molecule has 2 saturated carbocycles. The van der Waals surface area contributed by atoms with Gasteiger partial charge in [-0.25, -0.2) is 4.68 Å². The number of nitrogens with one attached hydrogen (secondary N) is 1. The number of aliphatic hydroxyl groups is 1. The van der Waals surface area contributed by atoms with Crippen molar-refractivity contribution in [1.82, 2.24) is 20.3 Å². The molecule has 1 heterocycles. The molecule has 5 rings (SSSR count). The molecule has 1 aromatic heterocycles. The minimum Gasteiger partial charge on any atom is -0.382 e. The number of fused-ring (bicyclic) bond motifs is 1. The maximum Gasteiger partial charge on any atom is 0.226 e. The topological polar surface area (TPSA) is 80.0 Å². The maximum absolute atomic E-state index is 12.6. The fourth-order valence-corrected chi connectivity index (χ4v) is 4.40. The number of hydrogen-bond acceptors (Lipinski definition) is 4. The molecule has 0 saturated heterocycles. The number of hydrogen-bond donors (Lipinski definition) is 2. The van der Waals surface area contributed by atoms with Crippen molar-refractivity contribution >= 4 is 5.91 Å². The Hall–Kier alpha value is -2.99. The average molecular weight is 374 g/mol. The van der Waals surface area contributed by atoms with Crippen molar-refractivity contribution in [2.45, 2.75) is 31.5 Å². The van der Waals surface area contributed by atoms with Crippen molar-refractivity contribution in [2.75, 3.05) is 0 Å². The van der Waals surface area contributed by atoms with E-state index in [0.717, 1.165) is 24.0 Å². The zero-order valence-corrected chi connectivity index (χ0v) is 15.4. The number of carbonyl (C=O) groups excluding carboxylic acids is 1. The molecule has 1 amide bonds. The molecule has 0 spiro atoms. The quantitative estimate of drug-likeness (QED) is 0.695. The van der Waals surface area contributed by atoms with Crippen molar-refractivity contribution in [1.29, 1.82) is 0 Å². The van der Waals surface area contributed by atoms with Crippen LogP contribution in [0.3, 0.4) is 0 Å². The highest BCUT2D eigenvalue weighted by Crippen LogP contribution is 2.72. The highest BCUT2D eigenvalue weighted by molar-refractivity contribution is 5.87. The summed E-state index contributed by atoms with van der Waals surface area (Å²) in [6.07, 6.45) is 2.71. The summed E-state index contributed by atoms with van der Waals surface area (Å²) in [5, 5.41) is 21.9. The summed E-state index contributed by atoms with van der Waals surface area (Å²) in [6, 6.07) is 19.6. The third-order valence-electron chi connectivity index (χ3n) is 6.18. The van der Waals surface area contributed by atoms with Gasteiger partial charge >= 0.3 is 0 Å². The van der Waals surface area contributed by atoms with Gasteiger partial charge in [0.15, 0.2) is 0 Å². The molecule has 6 nitrogen and oxygen atoms in total. The van der Waals surface area contributed by atoms with Gasteiger partial charge < -0.3 is 10.4 Å². The monoisotopic (exact) mass is 374 g/mol. The van der Waals surface area contributed by atoms with Gasteiger partial charge in [0, 0.05) is 6.54 Å². The van der Waals surface area contributed by atoms with Gasteiger partial charge in [-0.15, -0.1) is 5.10 Å². The number of aliphatic hydroxyl groups excluding tert-OH is 1. The van der Waals surface area contributed by atoms with E-state index in [1.807, 2.05) is 71.5 Å². The van der Waals surface area contributed by atoms with Crippen LogP contribution >= 0.6 is 0 Å². The summed E-state index contributed by atoms with van der Waals surface area (Å²) >= 11 is 0. The Bertz CT molecular complexity index is 988. The maximum atomic E-state index is 12.6. The van der Waals surface area contributed by atoms with Gasteiger partial charge in [-0.1, -0.05) is 65.9 Å². The fourth-order valence-electron chi connectivity index (χ4n) is 4.40. The van der Waals surface area contributed by atoms with Crippen molar-refractivity contribution in [3.05, 3.63) is 83.7 Å². The molecule has 142 valence electrons. The summed E-state index contributed by atoms with van der Waals surface area (Å²) in [6.45, 7) is 0.565. The summed E-state index contributed by atoms with van der Waals surface area (Å²) in [5.41, 5.74) is 2.21. The number of nitrogens with zero attached hydrogens (tertiary/aromatic N) is 3. The number of amides is 1. The van der Waals surface area contributed by atoms with Gasteiger partial charge in [0.25, 0.3) is 0 Å². The van der Waals surface area contributed by atoms with Crippen molar-refractivity contribution in [2.24, 2.45) is 11.3 Å². The van der Waals surface area contributed by atoms with E-state index >= 15 is 0 Å². The van der Waals surface area contributed by atoms with Gasteiger partial charge in [0.05, 0.1) is 17.7 Å². The van der Waals surface area contributed by atoms with Crippen LogP contribution < -0.4 is 5.32 Å². The molecule has 0 unspecified atom stereocenters. The van der Waals surface area contributed by atoms with Gasteiger partial charge in [-0.05, 0) is 29.9 Å². The first kappa shape index (κ1) is 17.1. The zero-order valence-electron chi connectivity index (χ0n) is 15.4. The molecule has 2 fully saturated rings. The Labute approximate surface area is 163 Å². The van der Waals surface area contributed by atoms with E-state index in [0.29, 0.717) is 18.2 Å². The van der Waals surface area contributed by atoms with Crippen LogP contribution in [0.1, 0.15) is 41.8 Å². The lowest BCUT2D eigenvalue weighted by atomic mass is 9.79. The number of benzene rings is 2. The van der Waals surface area contributed by atoms with Crippen LogP contribution in [0.15, 0.2) is 66.9 Å². The predicted octanol–water partition coefficient (Wildman–Crippen LogP) is 2.63. The molecule has 2 aromatic carbocycles. The summed E-state index contributed by atoms with van der Waals surface area (Å²) in [5.74, 6) is 0.453. The zero-order chi connectivity index (χ0) is 19.1. The van der Waals surface area contributed by atoms with E-state index in [2.05, 4.69) is 15.6 Å². The second-order valence-electron chi connectivity index (χ2n) is 7.84. The Morgan fingerprint density at radius 2 is 1.86 bits per heavy atom. The summed E-state index contributed by atoms with van der Waals surface area (Å²) in [4.78, 5) is 12.6. The molecule has 6 heteroatoms.